The highest BCUT2D eigenvalue weighted by molar-refractivity contribution is 5.92. The summed E-state index contributed by atoms with van der Waals surface area (Å²) in [7, 11) is 0. The van der Waals surface area contributed by atoms with E-state index in [-0.39, 0.29) is 17.6 Å². The molecular weight excluding hydrogens is 366 g/mol. The SMILES string of the molecule is CC1(C)[C@H]2CC=C(/C=N\NC(=O)CCCCCC(=O)Nc3ccccc3O)[C@@H]1C2. The summed E-state index contributed by atoms with van der Waals surface area (Å²) in [5.41, 5.74) is 4.63. The zero-order valence-corrected chi connectivity index (χ0v) is 17.3. The van der Waals surface area contributed by atoms with Crippen LogP contribution in [0.5, 0.6) is 5.75 Å². The highest BCUT2D eigenvalue weighted by Gasteiger charge is 2.50. The van der Waals surface area contributed by atoms with Crippen molar-refractivity contribution in [1.82, 2.24) is 5.43 Å². The summed E-state index contributed by atoms with van der Waals surface area (Å²) < 4.78 is 0. The van der Waals surface area contributed by atoms with Gasteiger partial charge in [-0.1, -0.05) is 38.5 Å². The zero-order chi connectivity index (χ0) is 20.9. The molecule has 3 aliphatic carbocycles. The minimum atomic E-state index is -0.137. The first kappa shape index (κ1) is 21.1. The zero-order valence-electron chi connectivity index (χ0n) is 17.3. The van der Waals surface area contributed by atoms with Crippen LogP contribution in [-0.2, 0) is 9.59 Å². The number of aromatic hydroxyl groups is 1. The number of anilines is 1. The van der Waals surface area contributed by atoms with Gasteiger partial charge in [-0.3, -0.25) is 9.59 Å². The van der Waals surface area contributed by atoms with Crippen molar-refractivity contribution in [2.45, 2.75) is 58.8 Å². The summed E-state index contributed by atoms with van der Waals surface area (Å²) >= 11 is 0. The summed E-state index contributed by atoms with van der Waals surface area (Å²) in [6.07, 6.45) is 9.35. The number of unbranched alkanes of at least 4 members (excludes halogenated alkanes) is 2. The van der Waals surface area contributed by atoms with Crippen LogP contribution in [0.3, 0.4) is 0 Å². The number of para-hydroxylation sites is 2. The van der Waals surface area contributed by atoms with Crippen LogP contribution in [0, 0.1) is 17.3 Å². The first-order valence-electron chi connectivity index (χ1n) is 10.5. The van der Waals surface area contributed by atoms with Crippen molar-refractivity contribution >= 4 is 23.7 Å². The largest absolute Gasteiger partial charge is 0.506 e. The van der Waals surface area contributed by atoms with Crippen molar-refractivity contribution in [2.75, 3.05) is 5.32 Å². The number of fused-ring (bicyclic) bond motifs is 1. The number of nitrogens with one attached hydrogen (secondary N) is 2. The summed E-state index contributed by atoms with van der Waals surface area (Å²) in [4.78, 5) is 23.8. The van der Waals surface area contributed by atoms with Gasteiger partial charge in [0.1, 0.15) is 5.75 Å². The Balaban J connectivity index is 1.27. The van der Waals surface area contributed by atoms with Crippen LogP contribution in [0.15, 0.2) is 41.0 Å². The molecule has 2 amide bonds. The summed E-state index contributed by atoms with van der Waals surface area (Å²) in [6.45, 7) is 4.63. The Labute approximate surface area is 172 Å². The van der Waals surface area contributed by atoms with E-state index in [9.17, 15) is 14.7 Å². The highest BCUT2D eigenvalue weighted by Crippen LogP contribution is 2.58. The lowest BCUT2D eigenvalue weighted by molar-refractivity contribution is -0.121. The molecule has 1 fully saturated rings. The van der Waals surface area contributed by atoms with Gasteiger partial charge in [-0.25, -0.2) is 5.43 Å². The summed E-state index contributed by atoms with van der Waals surface area (Å²) in [5.74, 6) is 1.18. The van der Waals surface area contributed by atoms with Gasteiger partial charge in [-0.15, -0.1) is 0 Å². The third kappa shape index (κ3) is 5.25. The van der Waals surface area contributed by atoms with Gasteiger partial charge in [0.25, 0.3) is 0 Å². The van der Waals surface area contributed by atoms with E-state index >= 15 is 0 Å². The normalized spacial score (nSPS) is 21.9. The van der Waals surface area contributed by atoms with E-state index in [4.69, 9.17) is 0 Å². The molecule has 0 spiro atoms. The van der Waals surface area contributed by atoms with Gasteiger partial charge in [0.2, 0.25) is 11.8 Å². The number of benzene rings is 1. The second-order valence-corrected chi connectivity index (χ2v) is 8.67. The smallest absolute Gasteiger partial charge is 0.240 e. The Bertz CT molecular complexity index is 813. The Kier molecular flexibility index (Phi) is 6.72. The van der Waals surface area contributed by atoms with Gasteiger partial charge in [0.15, 0.2) is 0 Å². The van der Waals surface area contributed by atoms with Crippen LogP contribution in [-0.4, -0.2) is 23.1 Å². The predicted octanol–water partition coefficient (Wildman–Crippen LogP) is 4.38. The fourth-order valence-electron chi connectivity index (χ4n) is 4.32. The van der Waals surface area contributed by atoms with Crippen molar-refractivity contribution in [3.8, 4) is 5.75 Å². The molecule has 3 aliphatic rings. The number of rotatable bonds is 9. The van der Waals surface area contributed by atoms with Crippen LogP contribution in [0.1, 0.15) is 58.8 Å². The standard InChI is InChI=1S/C23H31N3O3/c1-23(2)17-13-12-16(18(23)14-17)15-24-26-22(29)11-5-3-4-10-21(28)25-19-8-6-7-9-20(19)27/h6-9,12,15,17-18,27H,3-5,10-11,13-14H2,1-2H3,(H,25,28)(H,26,29)/b24-15-/t17-,18-/m0/s1. The molecule has 1 aromatic carbocycles. The lowest BCUT2D eigenvalue weighted by Crippen LogP contribution is -2.48. The lowest BCUT2D eigenvalue weighted by atomic mass is 9.49. The molecule has 0 unspecified atom stereocenters. The van der Waals surface area contributed by atoms with Crippen LogP contribution in [0.4, 0.5) is 5.69 Å². The van der Waals surface area contributed by atoms with Crippen molar-refractivity contribution in [3.05, 3.63) is 35.9 Å². The average Bonchev–Trinajstić information content (AvgIpc) is 2.69. The number of hydrogen-bond acceptors (Lipinski definition) is 4. The minimum Gasteiger partial charge on any atom is -0.506 e. The summed E-state index contributed by atoms with van der Waals surface area (Å²) in [6, 6.07) is 6.65. The number of hydrogen-bond donors (Lipinski definition) is 3. The molecule has 2 bridgehead atoms. The number of nitrogens with zero attached hydrogens (tertiary/aromatic N) is 1. The van der Waals surface area contributed by atoms with Crippen LogP contribution >= 0.6 is 0 Å². The number of carbonyl (C=O) groups excluding carboxylic acids is 2. The highest BCUT2D eigenvalue weighted by atomic mass is 16.3. The lowest BCUT2D eigenvalue weighted by Gasteiger charge is -2.55. The average molecular weight is 398 g/mol. The monoisotopic (exact) mass is 397 g/mol. The second kappa shape index (κ2) is 9.25. The topological polar surface area (TPSA) is 90.8 Å². The number of allylic oxidation sites excluding steroid dienone is 2. The molecule has 29 heavy (non-hydrogen) atoms. The first-order chi connectivity index (χ1) is 13.9. The van der Waals surface area contributed by atoms with E-state index in [2.05, 4.69) is 35.8 Å². The molecule has 0 aromatic heterocycles. The number of phenols is 1. The van der Waals surface area contributed by atoms with Crippen LogP contribution in [0.2, 0.25) is 0 Å². The predicted molar refractivity (Wildman–Crippen MR) is 115 cm³/mol. The Hall–Kier alpha value is -2.63. The third-order valence-corrected chi connectivity index (χ3v) is 6.40. The molecule has 3 N–H and O–H groups in total. The fraction of sp³-hybridized carbons (Fsp3) is 0.522. The molecule has 6 nitrogen and oxygen atoms in total. The Morgan fingerprint density at radius 3 is 2.59 bits per heavy atom. The molecule has 6 heteroatoms. The quantitative estimate of drug-likeness (QED) is 0.250. The van der Waals surface area contributed by atoms with Gasteiger partial charge in [-0.2, -0.15) is 5.10 Å². The van der Waals surface area contributed by atoms with Gasteiger partial charge in [-0.05, 0) is 60.6 Å². The molecular formula is C23H31N3O3. The molecule has 1 saturated carbocycles. The van der Waals surface area contributed by atoms with E-state index in [1.54, 1.807) is 18.2 Å². The molecule has 0 saturated heterocycles. The first-order valence-corrected chi connectivity index (χ1v) is 10.5. The molecule has 4 rings (SSSR count). The van der Waals surface area contributed by atoms with Gasteiger partial charge < -0.3 is 10.4 Å². The van der Waals surface area contributed by atoms with Gasteiger partial charge in [0.05, 0.1) is 11.9 Å². The van der Waals surface area contributed by atoms with E-state index < -0.39 is 0 Å². The van der Waals surface area contributed by atoms with Gasteiger partial charge in [0, 0.05) is 12.8 Å². The Morgan fingerprint density at radius 1 is 1.17 bits per heavy atom. The number of hydrazone groups is 1. The maximum Gasteiger partial charge on any atom is 0.240 e. The van der Waals surface area contributed by atoms with Crippen LogP contribution < -0.4 is 10.7 Å². The molecule has 0 radical (unpaired) electrons. The molecule has 2 atom stereocenters. The summed E-state index contributed by atoms with van der Waals surface area (Å²) in [5, 5.41) is 16.5. The van der Waals surface area contributed by atoms with E-state index in [0.717, 1.165) is 18.8 Å². The molecule has 0 aliphatic heterocycles. The molecule has 1 aromatic rings. The number of carbonyl (C=O) groups is 2. The number of amides is 2. The van der Waals surface area contributed by atoms with Crippen molar-refractivity contribution in [1.29, 1.82) is 0 Å². The number of phenolic OH excluding ortho intramolecular Hbond substituents is 1. The Morgan fingerprint density at radius 2 is 1.90 bits per heavy atom. The maximum atomic E-state index is 11.9. The maximum absolute atomic E-state index is 11.9. The minimum absolute atomic E-state index is 0.0581. The second-order valence-electron chi connectivity index (χ2n) is 8.67. The van der Waals surface area contributed by atoms with Crippen LogP contribution in [0.25, 0.3) is 0 Å². The van der Waals surface area contributed by atoms with Gasteiger partial charge >= 0.3 is 0 Å². The van der Waals surface area contributed by atoms with Crippen molar-refractivity contribution in [2.24, 2.45) is 22.4 Å². The van der Waals surface area contributed by atoms with E-state index in [1.165, 1.54) is 18.1 Å². The van der Waals surface area contributed by atoms with E-state index in [1.807, 2.05) is 6.21 Å². The van der Waals surface area contributed by atoms with E-state index in [0.29, 0.717) is 42.7 Å². The third-order valence-electron chi connectivity index (χ3n) is 6.40. The van der Waals surface area contributed by atoms with Crippen molar-refractivity contribution in [3.63, 3.8) is 0 Å². The molecule has 0 heterocycles. The fourth-order valence-corrected chi connectivity index (χ4v) is 4.32. The molecule has 156 valence electrons. The van der Waals surface area contributed by atoms with Crippen molar-refractivity contribution < 1.29 is 14.7 Å².